The van der Waals surface area contributed by atoms with Crippen LogP contribution in [-0.2, 0) is 0 Å². The molecule has 0 spiro atoms. The molecule has 0 aliphatic carbocycles. The van der Waals surface area contributed by atoms with E-state index >= 15 is 0 Å². The minimum absolute atomic E-state index is 0.628. The average molecular weight is 189 g/mol. The van der Waals surface area contributed by atoms with E-state index in [2.05, 4.69) is 33.8 Å². The second-order valence-corrected chi connectivity index (χ2v) is 4.35. The maximum atomic E-state index is 5.49. The van der Waals surface area contributed by atoms with Crippen molar-refractivity contribution < 1.29 is 0 Å². The van der Waals surface area contributed by atoms with Crippen LogP contribution in [0.25, 0.3) is 0 Å². The van der Waals surface area contributed by atoms with Crippen molar-refractivity contribution in [2.45, 2.75) is 40.5 Å². The zero-order valence-electron chi connectivity index (χ0n) is 8.68. The summed E-state index contributed by atoms with van der Waals surface area (Å²) < 4.78 is 0. The molecule has 72 valence electrons. The van der Waals surface area contributed by atoms with Gasteiger partial charge in [0.15, 0.2) is 0 Å². The number of halogens is 1. The third kappa shape index (κ3) is 5.65. The van der Waals surface area contributed by atoms with Gasteiger partial charge in [0.2, 0.25) is 0 Å². The van der Waals surface area contributed by atoms with E-state index in [0.29, 0.717) is 5.92 Å². The van der Waals surface area contributed by atoms with Crippen molar-refractivity contribution in [3.63, 3.8) is 0 Å². The van der Waals surface area contributed by atoms with Crippen LogP contribution in [0.15, 0.2) is 11.6 Å². The van der Waals surface area contributed by atoms with Gasteiger partial charge in [-0.15, -0.1) is 0 Å². The largest absolute Gasteiger partial charge is 0.0933 e. The summed E-state index contributed by atoms with van der Waals surface area (Å²) >= 11 is 5.49. The Balaban J connectivity index is 3.53. The van der Waals surface area contributed by atoms with E-state index in [-0.39, 0.29) is 0 Å². The first-order valence-electron chi connectivity index (χ1n) is 4.84. The van der Waals surface area contributed by atoms with Crippen molar-refractivity contribution in [3.05, 3.63) is 11.6 Å². The van der Waals surface area contributed by atoms with Crippen molar-refractivity contribution >= 4 is 11.6 Å². The van der Waals surface area contributed by atoms with Gasteiger partial charge in [0.05, 0.1) is 0 Å². The van der Waals surface area contributed by atoms with Crippen LogP contribution in [0.3, 0.4) is 0 Å². The SMILES string of the molecule is CC(C=CCl)CCC(C)C(C)C. The van der Waals surface area contributed by atoms with Gasteiger partial charge < -0.3 is 0 Å². The van der Waals surface area contributed by atoms with Crippen molar-refractivity contribution in [3.8, 4) is 0 Å². The Bertz CT molecular complexity index is 127. The summed E-state index contributed by atoms with van der Waals surface area (Å²) in [5, 5.41) is 0. The van der Waals surface area contributed by atoms with E-state index in [1.54, 1.807) is 5.54 Å². The minimum atomic E-state index is 0.628. The molecule has 0 saturated carbocycles. The number of allylic oxidation sites excluding steroid dienone is 1. The smallest absolute Gasteiger partial charge is 0.000514 e. The molecule has 12 heavy (non-hydrogen) atoms. The van der Waals surface area contributed by atoms with Crippen molar-refractivity contribution in [2.24, 2.45) is 17.8 Å². The van der Waals surface area contributed by atoms with E-state index in [4.69, 9.17) is 11.6 Å². The fourth-order valence-electron chi connectivity index (χ4n) is 1.08. The predicted octanol–water partition coefficient (Wildman–Crippen LogP) is 4.45. The highest BCUT2D eigenvalue weighted by atomic mass is 35.5. The number of hydrogen-bond donors (Lipinski definition) is 0. The molecule has 0 aliphatic rings. The molecular weight excluding hydrogens is 168 g/mol. The molecule has 0 bridgehead atoms. The van der Waals surface area contributed by atoms with Crippen molar-refractivity contribution in [1.82, 2.24) is 0 Å². The first-order chi connectivity index (χ1) is 5.57. The highest BCUT2D eigenvalue weighted by Crippen LogP contribution is 2.19. The highest BCUT2D eigenvalue weighted by molar-refractivity contribution is 6.25. The molecule has 0 rings (SSSR count). The zero-order chi connectivity index (χ0) is 9.56. The normalized spacial score (nSPS) is 17.2. The van der Waals surface area contributed by atoms with E-state index in [9.17, 15) is 0 Å². The average Bonchev–Trinajstić information content (AvgIpc) is 2.00. The quantitative estimate of drug-likeness (QED) is 0.598. The van der Waals surface area contributed by atoms with E-state index < -0.39 is 0 Å². The summed E-state index contributed by atoms with van der Waals surface area (Å²) in [6, 6.07) is 0. The van der Waals surface area contributed by atoms with Gasteiger partial charge in [0.1, 0.15) is 0 Å². The molecule has 0 nitrogen and oxygen atoms in total. The lowest BCUT2D eigenvalue weighted by Gasteiger charge is -2.16. The van der Waals surface area contributed by atoms with Crippen LogP contribution in [0.1, 0.15) is 40.5 Å². The van der Waals surface area contributed by atoms with Gasteiger partial charge in [-0.1, -0.05) is 45.4 Å². The number of rotatable bonds is 5. The van der Waals surface area contributed by atoms with Gasteiger partial charge in [-0.2, -0.15) is 0 Å². The lowest BCUT2D eigenvalue weighted by molar-refractivity contribution is 0.366. The van der Waals surface area contributed by atoms with Crippen LogP contribution in [-0.4, -0.2) is 0 Å². The van der Waals surface area contributed by atoms with E-state index in [1.165, 1.54) is 12.8 Å². The van der Waals surface area contributed by atoms with Gasteiger partial charge in [-0.3, -0.25) is 0 Å². The van der Waals surface area contributed by atoms with Crippen LogP contribution in [0, 0.1) is 17.8 Å². The molecule has 2 atom stereocenters. The van der Waals surface area contributed by atoms with Crippen LogP contribution in [0.5, 0.6) is 0 Å². The molecule has 0 heterocycles. The Morgan fingerprint density at radius 2 is 1.67 bits per heavy atom. The number of hydrogen-bond acceptors (Lipinski definition) is 0. The van der Waals surface area contributed by atoms with E-state index in [1.807, 2.05) is 0 Å². The molecule has 0 aliphatic heterocycles. The molecule has 0 saturated heterocycles. The lowest BCUT2D eigenvalue weighted by atomic mass is 9.90. The van der Waals surface area contributed by atoms with Crippen LogP contribution in [0.2, 0.25) is 0 Å². The molecule has 0 fully saturated rings. The third-order valence-corrected chi connectivity index (χ3v) is 2.76. The van der Waals surface area contributed by atoms with Crippen LogP contribution < -0.4 is 0 Å². The maximum Gasteiger partial charge on any atom is 0.000514 e. The van der Waals surface area contributed by atoms with E-state index in [0.717, 1.165) is 11.8 Å². The van der Waals surface area contributed by atoms with Gasteiger partial charge >= 0.3 is 0 Å². The summed E-state index contributed by atoms with van der Waals surface area (Å²) in [7, 11) is 0. The van der Waals surface area contributed by atoms with Crippen molar-refractivity contribution in [1.29, 1.82) is 0 Å². The Labute approximate surface area is 82.0 Å². The highest BCUT2D eigenvalue weighted by Gasteiger charge is 2.07. The molecular formula is C11H21Cl. The molecule has 0 aromatic heterocycles. The third-order valence-electron chi connectivity index (χ3n) is 2.62. The molecule has 0 amide bonds. The van der Waals surface area contributed by atoms with Gasteiger partial charge in [0, 0.05) is 5.54 Å². The Hall–Kier alpha value is 0.0300. The topological polar surface area (TPSA) is 0 Å². The second-order valence-electron chi connectivity index (χ2n) is 4.09. The molecule has 0 aromatic rings. The molecule has 0 radical (unpaired) electrons. The van der Waals surface area contributed by atoms with Gasteiger partial charge in [-0.25, -0.2) is 0 Å². The summed E-state index contributed by atoms with van der Waals surface area (Å²) in [5.74, 6) is 2.26. The molecule has 2 unspecified atom stereocenters. The van der Waals surface area contributed by atoms with Gasteiger partial charge in [0.25, 0.3) is 0 Å². The fraction of sp³-hybridized carbons (Fsp3) is 0.818. The molecule has 1 heteroatoms. The minimum Gasteiger partial charge on any atom is -0.0933 e. The van der Waals surface area contributed by atoms with Crippen molar-refractivity contribution in [2.75, 3.05) is 0 Å². The molecule has 0 aromatic carbocycles. The van der Waals surface area contributed by atoms with Gasteiger partial charge in [-0.05, 0) is 30.6 Å². The first kappa shape index (κ1) is 12.0. The van der Waals surface area contributed by atoms with Crippen LogP contribution >= 0.6 is 11.6 Å². The Morgan fingerprint density at radius 1 is 1.08 bits per heavy atom. The zero-order valence-corrected chi connectivity index (χ0v) is 9.43. The monoisotopic (exact) mass is 188 g/mol. The van der Waals surface area contributed by atoms with Crippen LogP contribution in [0.4, 0.5) is 0 Å². The summed E-state index contributed by atoms with van der Waals surface area (Å²) in [4.78, 5) is 0. The Kier molecular flexibility index (Phi) is 6.55. The second kappa shape index (κ2) is 6.54. The lowest BCUT2D eigenvalue weighted by Crippen LogP contribution is -2.05. The maximum absolute atomic E-state index is 5.49. The molecule has 0 N–H and O–H groups in total. The summed E-state index contributed by atoms with van der Waals surface area (Å²) in [6.45, 7) is 9.10. The first-order valence-corrected chi connectivity index (χ1v) is 5.28. The summed E-state index contributed by atoms with van der Waals surface area (Å²) in [5.41, 5.74) is 1.63. The Morgan fingerprint density at radius 3 is 2.08 bits per heavy atom. The summed E-state index contributed by atoms with van der Waals surface area (Å²) in [6.07, 6.45) is 4.62. The predicted molar refractivity (Wildman–Crippen MR) is 57.4 cm³/mol. The standard InChI is InChI=1S/C11H21Cl/c1-9(2)11(4)6-5-10(3)7-8-12/h7-11H,5-6H2,1-4H3. The fourth-order valence-corrected chi connectivity index (χ4v) is 1.33.